The summed E-state index contributed by atoms with van der Waals surface area (Å²) in [6.45, 7) is 20.2. The monoisotopic (exact) mass is 802 g/mol. The number of fused-ring (bicyclic) bond motifs is 1. The molecule has 0 atom stereocenters. The van der Waals surface area contributed by atoms with Crippen molar-refractivity contribution in [2.75, 3.05) is 0 Å². The number of aromatic hydroxyl groups is 1. The molecule has 244 valence electrons. The number of phenols is 1. The second-order valence-electron chi connectivity index (χ2n) is 15.3. The smallest absolute Gasteiger partial charge is 0.230 e. The SMILES string of the molecule is CC(C)(C)c1ccnc(-c2[c-]c(-c3cccc4oc(-c5cc(-c6ccccc6)ccc5O)nc34)c(C(C)(C)C)cc2C(C)(C)C)c1.[Pt]. The number of hydrogen-bond donors (Lipinski definition) is 1. The van der Waals surface area contributed by atoms with E-state index >= 15 is 0 Å². The van der Waals surface area contributed by atoms with E-state index in [0.717, 1.165) is 39.0 Å². The zero-order chi connectivity index (χ0) is 33.0. The minimum Gasteiger partial charge on any atom is -0.507 e. The van der Waals surface area contributed by atoms with Gasteiger partial charge in [-0.3, -0.25) is 4.98 Å². The largest absolute Gasteiger partial charge is 0.507 e. The minimum absolute atomic E-state index is 0. The number of aromatic nitrogens is 2. The standard InChI is InChI=1S/C42H43N2O2.Pt/c1-40(2,3)28-20-21-43-35(23-28)31-24-30(33(41(4,5)6)25-34(31)42(7,8)9)29-16-13-17-37-38(29)44-39(46-37)32-22-27(18-19-36(32)45)26-14-11-10-12-15-26;/h10-23,25,45H,1-9H3;/q-1;. The maximum Gasteiger partial charge on any atom is 0.230 e. The van der Waals surface area contributed by atoms with Crippen LogP contribution in [0.15, 0.2) is 95.5 Å². The van der Waals surface area contributed by atoms with Gasteiger partial charge < -0.3 is 9.52 Å². The second-order valence-corrected chi connectivity index (χ2v) is 15.3. The first kappa shape index (κ1) is 34.3. The van der Waals surface area contributed by atoms with Gasteiger partial charge in [0.25, 0.3) is 0 Å². The Morgan fingerprint density at radius 3 is 1.98 bits per heavy atom. The van der Waals surface area contributed by atoms with Gasteiger partial charge in [0.05, 0.1) is 11.1 Å². The van der Waals surface area contributed by atoms with Crippen LogP contribution in [0.3, 0.4) is 0 Å². The van der Waals surface area contributed by atoms with Crippen LogP contribution in [0.2, 0.25) is 0 Å². The Labute approximate surface area is 293 Å². The predicted molar refractivity (Wildman–Crippen MR) is 190 cm³/mol. The molecule has 0 saturated heterocycles. The van der Waals surface area contributed by atoms with Crippen LogP contribution in [-0.2, 0) is 37.3 Å². The number of hydrogen-bond acceptors (Lipinski definition) is 4. The number of phenolic OH excluding ortho intramolecular Hbond substituents is 1. The first-order valence-corrected chi connectivity index (χ1v) is 16.0. The molecule has 2 aromatic heterocycles. The molecule has 0 unspecified atom stereocenters. The van der Waals surface area contributed by atoms with Crippen LogP contribution < -0.4 is 0 Å². The van der Waals surface area contributed by atoms with E-state index in [0.29, 0.717) is 17.0 Å². The van der Waals surface area contributed by atoms with E-state index in [1.807, 2.05) is 48.7 Å². The van der Waals surface area contributed by atoms with Crippen molar-refractivity contribution in [3.8, 4) is 50.7 Å². The van der Waals surface area contributed by atoms with E-state index in [9.17, 15) is 5.11 Å². The van der Waals surface area contributed by atoms with Crippen molar-refractivity contribution in [2.24, 2.45) is 0 Å². The number of nitrogens with zero attached hydrogens (tertiary/aromatic N) is 2. The van der Waals surface area contributed by atoms with Gasteiger partial charge in [-0.2, -0.15) is 0 Å². The van der Waals surface area contributed by atoms with E-state index in [-0.39, 0.29) is 43.1 Å². The Morgan fingerprint density at radius 1 is 0.638 bits per heavy atom. The van der Waals surface area contributed by atoms with E-state index in [1.54, 1.807) is 6.07 Å². The normalized spacial score (nSPS) is 12.3. The molecule has 0 bridgehead atoms. The molecule has 2 heterocycles. The fourth-order valence-corrected chi connectivity index (χ4v) is 5.96. The van der Waals surface area contributed by atoms with Crippen molar-refractivity contribution >= 4 is 11.1 Å². The number of rotatable bonds is 4. The van der Waals surface area contributed by atoms with Crippen molar-refractivity contribution in [3.63, 3.8) is 0 Å². The summed E-state index contributed by atoms with van der Waals surface area (Å²) in [6.07, 6.45) is 1.91. The van der Waals surface area contributed by atoms with Crippen molar-refractivity contribution in [3.05, 3.63) is 114 Å². The van der Waals surface area contributed by atoms with E-state index in [4.69, 9.17) is 14.4 Å². The van der Waals surface area contributed by atoms with Gasteiger partial charge in [-0.1, -0.05) is 128 Å². The second kappa shape index (κ2) is 12.5. The Balaban J connectivity index is 0.00000433. The summed E-state index contributed by atoms with van der Waals surface area (Å²) in [5, 5.41) is 10.9. The summed E-state index contributed by atoms with van der Waals surface area (Å²) in [5.74, 6) is 0.498. The summed E-state index contributed by atoms with van der Waals surface area (Å²) in [6, 6.07) is 32.2. The molecule has 6 aromatic rings. The first-order valence-electron chi connectivity index (χ1n) is 16.0. The van der Waals surface area contributed by atoms with Crippen LogP contribution in [0.5, 0.6) is 5.75 Å². The topological polar surface area (TPSA) is 59.2 Å². The molecule has 0 amide bonds. The summed E-state index contributed by atoms with van der Waals surface area (Å²) < 4.78 is 6.36. The van der Waals surface area contributed by atoms with Crippen molar-refractivity contribution in [1.82, 2.24) is 9.97 Å². The van der Waals surface area contributed by atoms with Gasteiger partial charge in [-0.15, -0.1) is 28.8 Å². The molecule has 0 aliphatic heterocycles. The number of benzene rings is 4. The summed E-state index contributed by atoms with van der Waals surface area (Å²) in [4.78, 5) is 9.92. The van der Waals surface area contributed by atoms with Crippen LogP contribution in [0.1, 0.15) is 79.0 Å². The molecule has 0 saturated carbocycles. The van der Waals surface area contributed by atoms with Crippen molar-refractivity contribution in [1.29, 1.82) is 0 Å². The molecule has 47 heavy (non-hydrogen) atoms. The zero-order valence-electron chi connectivity index (χ0n) is 28.7. The molecule has 5 heteroatoms. The van der Waals surface area contributed by atoms with Gasteiger partial charge in [-0.05, 0) is 57.2 Å². The third-order valence-corrected chi connectivity index (χ3v) is 8.60. The van der Waals surface area contributed by atoms with Gasteiger partial charge in [0.15, 0.2) is 0 Å². The fourth-order valence-electron chi connectivity index (χ4n) is 5.96. The van der Waals surface area contributed by atoms with E-state index in [1.165, 1.54) is 16.7 Å². The van der Waals surface area contributed by atoms with E-state index < -0.39 is 0 Å². The van der Waals surface area contributed by atoms with Gasteiger partial charge in [0, 0.05) is 33.0 Å². The molecule has 4 aromatic carbocycles. The maximum absolute atomic E-state index is 10.9. The van der Waals surface area contributed by atoms with Gasteiger partial charge >= 0.3 is 0 Å². The van der Waals surface area contributed by atoms with Crippen LogP contribution in [-0.4, -0.2) is 15.1 Å². The Hall–Kier alpha value is -4.01. The van der Waals surface area contributed by atoms with Crippen molar-refractivity contribution in [2.45, 2.75) is 78.6 Å². The first-order chi connectivity index (χ1) is 21.6. The third kappa shape index (κ3) is 6.85. The van der Waals surface area contributed by atoms with E-state index in [2.05, 4.69) is 105 Å². The zero-order valence-corrected chi connectivity index (χ0v) is 31.0. The average Bonchev–Trinajstić information content (AvgIpc) is 3.44. The molecule has 0 spiro atoms. The van der Waals surface area contributed by atoms with Crippen LogP contribution >= 0.6 is 0 Å². The molecule has 0 aliphatic carbocycles. The molecular formula is C42H43N2O2Pt-. The Morgan fingerprint density at radius 2 is 1.32 bits per heavy atom. The summed E-state index contributed by atoms with van der Waals surface area (Å²) >= 11 is 0. The maximum atomic E-state index is 10.9. The van der Waals surface area contributed by atoms with Gasteiger partial charge in [-0.25, -0.2) is 4.98 Å². The summed E-state index contributed by atoms with van der Waals surface area (Å²) in [5.41, 5.74) is 11.1. The van der Waals surface area contributed by atoms with Gasteiger partial charge in [0.2, 0.25) is 5.89 Å². The number of para-hydroxylation sites is 1. The Kier molecular flexibility index (Phi) is 9.16. The van der Waals surface area contributed by atoms with Crippen molar-refractivity contribution < 1.29 is 30.6 Å². The minimum atomic E-state index is -0.179. The van der Waals surface area contributed by atoms with Crippen LogP contribution in [0.25, 0.3) is 56.1 Å². The molecule has 6 rings (SSSR count). The van der Waals surface area contributed by atoms with Crippen LogP contribution in [0, 0.1) is 6.07 Å². The van der Waals surface area contributed by atoms with Gasteiger partial charge in [0.1, 0.15) is 11.3 Å². The number of pyridine rings is 1. The summed E-state index contributed by atoms with van der Waals surface area (Å²) in [7, 11) is 0. The Bertz CT molecular complexity index is 2060. The number of oxazole rings is 1. The molecule has 1 N–H and O–H groups in total. The molecule has 0 radical (unpaired) electrons. The fraction of sp³-hybridized carbons (Fsp3) is 0.286. The molecule has 0 fully saturated rings. The molecule has 4 nitrogen and oxygen atoms in total. The average molecular weight is 803 g/mol. The quantitative estimate of drug-likeness (QED) is 0.180. The predicted octanol–water partition coefficient (Wildman–Crippen LogP) is 11.3. The third-order valence-electron chi connectivity index (χ3n) is 8.60. The molecule has 0 aliphatic rings. The molecular weight excluding hydrogens is 760 g/mol. The van der Waals surface area contributed by atoms with Crippen LogP contribution in [0.4, 0.5) is 0 Å².